The normalized spacial score (nSPS) is 20.5. The molecular formula is C11H16N4O. The van der Waals surface area contributed by atoms with Crippen molar-refractivity contribution in [1.29, 1.82) is 0 Å². The van der Waals surface area contributed by atoms with E-state index in [-0.39, 0.29) is 11.9 Å². The van der Waals surface area contributed by atoms with E-state index in [0.29, 0.717) is 6.54 Å². The fraction of sp³-hybridized carbons (Fsp3) is 0.545. The minimum atomic E-state index is -0.0553. The first-order valence-corrected chi connectivity index (χ1v) is 5.43. The molecule has 1 amide bonds. The minimum absolute atomic E-state index is 0.0553. The summed E-state index contributed by atoms with van der Waals surface area (Å²) in [5, 5.41) is 3.22. The Balaban J connectivity index is 1.90. The molecule has 0 bridgehead atoms. The molecule has 1 aromatic heterocycles. The van der Waals surface area contributed by atoms with Crippen molar-refractivity contribution >= 4 is 5.91 Å². The topological polar surface area (TPSA) is 58.1 Å². The van der Waals surface area contributed by atoms with Crippen LogP contribution in [0.1, 0.15) is 17.9 Å². The van der Waals surface area contributed by atoms with E-state index in [1.165, 1.54) is 0 Å². The summed E-state index contributed by atoms with van der Waals surface area (Å²) in [7, 11) is 1.83. The maximum absolute atomic E-state index is 11.6. The van der Waals surface area contributed by atoms with E-state index in [1.54, 1.807) is 11.1 Å². The summed E-state index contributed by atoms with van der Waals surface area (Å²) < 4.78 is 0. The van der Waals surface area contributed by atoms with E-state index in [9.17, 15) is 4.79 Å². The van der Waals surface area contributed by atoms with E-state index in [2.05, 4.69) is 15.3 Å². The summed E-state index contributed by atoms with van der Waals surface area (Å²) in [6, 6.07) is 1.81. The van der Waals surface area contributed by atoms with Gasteiger partial charge in [-0.2, -0.15) is 0 Å². The first-order chi connectivity index (χ1) is 7.66. The Morgan fingerprint density at radius 1 is 1.62 bits per heavy atom. The highest BCUT2D eigenvalue weighted by molar-refractivity contribution is 5.83. The van der Waals surface area contributed by atoms with Crippen LogP contribution in [0.5, 0.6) is 0 Å². The molecule has 1 aromatic rings. The zero-order chi connectivity index (χ0) is 11.5. The third-order valence-electron chi connectivity index (χ3n) is 2.79. The molecule has 1 fully saturated rings. The number of carbonyl (C=O) groups excluding carboxylic acids is 1. The highest BCUT2D eigenvalue weighted by atomic mass is 16.2. The predicted octanol–water partition coefficient (Wildman–Crippen LogP) is 0.105. The molecule has 1 aliphatic rings. The fourth-order valence-electron chi connectivity index (χ4n) is 1.84. The van der Waals surface area contributed by atoms with Gasteiger partial charge in [-0.3, -0.25) is 4.79 Å². The number of rotatable bonds is 3. The Kier molecular flexibility index (Phi) is 3.14. The van der Waals surface area contributed by atoms with Crippen molar-refractivity contribution in [3.05, 3.63) is 23.8 Å². The second-order valence-corrected chi connectivity index (χ2v) is 4.08. The van der Waals surface area contributed by atoms with Gasteiger partial charge in [0.15, 0.2) is 0 Å². The molecule has 0 spiro atoms. The Hall–Kier alpha value is -1.49. The lowest BCUT2D eigenvalue weighted by atomic mass is 10.2. The molecular weight excluding hydrogens is 204 g/mol. The first kappa shape index (κ1) is 11.0. The minimum Gasteiger partial charge on any atom is -0.344 e. The molecule has 0 aromatic carbocycles. The Labute approximate surface area is 94.9 Å². The van der Waals surface area contributed by atoms with Crippen molar-refractivity contribution in [1.82, 2.24) is 20.2 Å². The summed E-state index contributed by atoms with van der Waals surface area (Å²) >= 11 is 0. The zero-order valence-electron chi connectivity index (χ0n) is 9.60. The van der Waals surface area contributed by atoms with Crippen LogP contribution in [0.2, 0.25) is 0 Å². The molecule has 86 valence electrons. The SMILES string of the molecule is Cc1nccc(CNC2CCN(C)C2=O)n1. The van der Waals surface area contributed by atoms with Crippen molar-refractivity contribution in [3.8, 4) is 0 Å². The van der Waals surface area contributed by atoms with Crippen molar-refractivity contribution in [2.45, 2.75) is 25.9 Å². The average molecular weight is 220 g/mol. The Bertz CT molecular complexity index is 393. The smallest absolute Gasteiger partial charge is 0.239 e. The third-order valence-corrected chi connectivity index (χ3v) is 2.79. The lowest BCUT2D eigenvalue weighted by molar-refractivity contribution is -0.128. The van der Waals surface area contributed by atoms with Crippen LogP contribution in [-0.2, 0) is 11.3 Å². The van der Waals surface area contributed by atoms with E-state index < -0.39 is 0 Å². The Morgan fingerprint density at radius 3 is 3.06 bits per heavy atom. The van der Waals surface area contributed by atoms with Crippen LogP contribution in [0.3, 0.4) is 0 Å². The van der Waals surface area contributed by atoms with E-state index in [1.807, 2.05) is 20.0 Å². The lowest BCUT2D eigenvalue weighted by Gasteiger charge is -2.11. The van der Waals surface area contributed by atoms with Gasteiger partial charge in [0.2, 0.25) is 5.91 Å². The molecule has 5 nitrogen and oxygen atoms in total. The first-order valence-electron chi connectivity index (χ1n) is 5.43. The lowest BCUT2D eigenvalue weighted by Crippen LogP contribution is -2.36. The van der Waals surface area contributed by atoms with E-state index in [0.717, 1.165) is 24.5 Å². The van der Waals surface area contributed by atoms with Crippen LogP contribution in [0.15, 0.2) is 12.3 Å². The van der Waals surface area contributed by atoms with Crippen molar-refractivity contribution in [3.63, 3.8) is 0 Å². The Morgan fingerprint density at radius 2 is 2.44 bits per heavy atom. The molecule has 0 aliphatic carbocycles. The summed E-state index contributed by atoms with van der Waals surface area (Å²) in [6.07, 6.45) is 2.61. The number of aryl methyl sites for hydroxylation is 1. The molecule has 2 rings (SSSR count). The second kappa shape index (κ2) is 4.57. The van der Waals surface area contributed by atoms with Crippen LogP contribution in [0, 0.1) is 6.92 Å². The number of likely N-dealkylation sites (tertiary alicyclic amines) is 1. The molecule has 5 heteroatoms. The van der Waals surface area contributed by atoms with Gasteiger partial charge in [0.05, 0.1) is 11.7 Å². The number of nitrogens with zero attached hydrogens (tertiary/aromatic N) is 3. The largest absolute Gasteiger partial charge is 0.344 e. The summed E-state index contributed by atoms with van der Waals surface area (Å²) in [5.74, 6) is 0.931. The maximum Gasteiger partial charge on any atom is 0.239 e. The number of amides is 1. The van der Waals surface area contributed by atoms with Crippen molar-refractivity contribution in [2.75, 3.05) is 13.6 Å². The van der Waals surface area contributed by atoms with Crippen LogP contribution in [0.25, 0.3) is 0 Å². The molecule has 1 N–H and O–H groups in total. The van der Waals surface area contributed by atoms with Gasteiger partial charge in [-0.1, -0.05) is 0 Å². The van der Waals surface area contributed by atoms with Gasteiger partial charge in [-0.25, -0.2) is 9.97 Å². The predicted molar refractivity (Wildman–Crippen MR) is 59.7 cm³/mol. The maximum atomic E-state index is 11.6. The van der Waals surface area contributed by atoms with Gasteiger partial charge >= 0.3 is 0 Å². The molecule has 0 saturated carbocycles. The van der Waals surface area contributed by atoms with Crippen LogP contribution in [0.4, 0.5) is 0 Å². The molecule has 1 saturated heterocycles. The molecule has 0 radical (unpaired) electrons. The van der Waals surface area contributed by atoms with Crippen molar-refractivity contribution < 1.29 is 4.79 Å². The fourth-order valence-corrected chi connectivity index (χ4v) is 1.84. The van der Waals surface area contributed by atoms with Crippen LogP contribution in [-0.4, -0.2) is 40.4 Å². The summed E-state index contributed by atoms with van der Waals surface area (Å²) in [4.78, 5) is 21.7. The quantitative estimate of drug-likeness (QED) is 0.785. The van der Waals surface area contributed by atoms with Gasteiger partial charge in [0.25, 0.3) is 0 Å². The number of hydrogen-bond donors (Lipinski definition) is 1. The van der Waals surface area contributed by atoms with Gasteiger partial charge in [-0.15, -0.1) is 0 Å². The number of likely N-dealkylation sites (N-methyl/N-ethyl adjacent to an activating group) is 1. The number of nitrogens with one attached hydrogen (secondary N) is 1. The summed E-state index contributed by atoms with van der Waals surface area (Å²) in [6.45, 7) is 3.31. The number of hydrogen-bond acceptors (Lipinski definition) is 4. The molecule has 1 unspecified atom stereocenters. The van der Waals surface area contributed by atoms with Gasteiger partial charge in [0.1, 0.15) is 5.82 Å². The van der Waals surface area contributed by atoms with Crippen molar-refractivity contribution in [2.24, 2.45) is 0 Å². The highest BCUT2D eigenvalue weighted by Crippen LogP contribution is 2.09. The third kappa shape index (κ3) is 2.36. The standard InChI is InChI=1S/C11H16N4O/c1-8-12-5-3-9(14-8)7-13-10-4-6-15(2)11(10)16/h3,5,10,13H,4,6-7H2,1-2H3. The van der Waals surface area contributed by atoms with Gasteiger partial charge < -0.3 is 10.2 Å². The molecule has 1 aliphatic heterocycles. The zero-order valence-corrected chi connectivity index (χ0v) is 9.60. The number of aromatic nitrogens is 2. The second-order valence-electron chi connectivity index (χ2n) is 4.08. The number of carbonyl (C=O) groups is 1. The monoisotopic (exact) mass is 220 g/mol. The summed E-state index contributed by atoms with van der Waals surface area (Å²) in [5.41, 5.74) is 0.926. The van der Waals surface area contributed by atoms with Crippen LogP contribution >= 0.6 is 0 Å². The molecule has 1 atom stereocenters. The molecule has 2 heterocycles. The highest BCUT2D eigenvalue weighted by Gasteiger charge is 2.28. The van der Waals surface area contributed by atoms with Gasteiger partial charge in [0, 0.05) is 26.3 Å². The van der Waals surface area contributed by atoms with Crippen LogP contribution < -0.4 is 5.32 Å². The van der Waals surface area contributed by atoms with E-state index in [4.69, 9.17) is 0 Å². The average Bonchev–Trinajstić information content (AvgIpc) is 2.57. The molecule has 16 heavy (non-hydrogen) atoms. The van der Waals surface area contributed by atoms with Gasteiger partial charge in [-0.05, 0) is 19.4 Å². The van der Waals surface area contributed by atoms with E-state index >= 15 is 0 Å².